The third-order valence-electron chi connectivity index (χ3n) is 3.11. The third-order valence-corrected chi connectivity index (χ3v) is 3.64. The van der Waals surface area contributed by atoms with Gasteiger partial charge in [0.2, 0.25) is 0 Å². The fourth-order valence-corrected chi connectivity index (χ4v) is 2.41. The number of nitrogens with one attached hydrogen (secondary N) is 1. The van der Waals surface area contributed by atoms with Crippen LogP contribution in [0.1, 0.15) is 5.56 Å². The first-order valence-corrected chi connectivity index (χ1v) is 8.12. The summed E-state index contributed by atoms with van der Waals surface area (Å²) in [6.07, 6.45) is -4.63. The molecule has 0 heterocycles. The molecule has 2 aromatic rings. The summed E-state index contributed by atoms with van der Waals surface area (Å²) in [7, 11) is 0. The molecule has 0 spiro atoms. The van der Waals surface area contributed by atoms with Crippen LogP contribution in [0.3, 0.4) is 0 Å². The molecule has 1 amide bonds. The first-order chi connectivity index (χ1) is 12.7. The number of benzene rings is 2. The number of halogens is 5. The smallest absolute Gasteiger partial charge is 0.418 e. The molecule has 144 valence electrons. The van der Waals surface area contributed by atoms with Gasteiger partial charge in [0.15, 0.2) is 13.2 Å². The number of hydrogen-bond donors (Lipinski definition) is 1. The van der Waals surface area contributed by atoms with Crippen LogP contribution in [-0.2, 0) is 20.5 Å². The second-order valence-corrected chi connectivity index (χ2v) is 5.96. The van der Waals surface area contributed by atoms with Crippen molar-refractivity contribution in [1.29, 1.82) is 0 Å². The van der Waals surface area contributed by atoms with Crippen LogP contribution in [0.15, 0.2) is 42.5 Å². The Hall–Kier alpha value is -2.45. The Balaban J connectivity index is 1.84. The molecule has 0 aliphatic carbocycles. The fraction of sp³-hybridized carbons (Fsp3) is 0.176. The van der Waals surface area contributed by atoms with E-state index in [0.717, 1.165) is 12.1 Å². The second kappa shape index (κ2) is 8.96. The summed E-state index contributed by atoms with van der Waals surface area (Å²) in [6, 6.07) is 8.80. The zero-order valence-electron chi connectivity index (χ0n) is 13.5. The monoisotopic (exact) mass is 421 g/mol. The van der Waals surface area contributed by atoms with Crippen molar-refractivity contribution in [3.8, 4) is 5.75 Å². The molecule has 0 saturated carbocycles. The lowest BCUT2D eigenvalue weighted by molar-refractivity contribution is -0.149. The van der Waals surface area contributed by atoms with Crippen molar-refractivity contribution in [3.63, 3.8) is 0 Å². The average molecular weight is 422 g/mol. The van der Waals surface area contributed by atoms with E-state index in [1.165, 1.54) is 30.3 Å². The molecule has 0 aromatic heterocycles. The summed E-state index contributed by atoms with van der Waals surface area (Å²) in [4.78, 5) is 23.3. The Bertz CT molecular complexity index is 843. The van der Waals surface area contributed by atoms with Gasteiger partial charge in [-0.15, -0.1) is 0 Å². The molecule has 0 radical (unpaired) electrons. The molecule has 5 nitrogen and oxygen atoms in total. The van der Waals surface area contributed by atoms with Gasteiger partial charge < -0.3 is 14.8 Å². The Morgan fingerprint density at radius 1 is 1.04 bits per heavy atom. The number of para-hydroxylation sites is 1. The predicted molar refractivity (Wildman–Crippen MR) is 93.0 cm³/mol. The topological polar surface area (TPSA) is 64.6 Å². The van der Waals surface area contributed by atoms with E-state index >= 15 is 0 Å². The van der Waals surface area contributed by atoms with Crippen LogP contribution in [0, 0.1) is 0 Å². The summed E-state index contributed by atoms with van der Waals surface area (Å²) < 4.78 is 48.4. The number of hydrogen-bond acceptors (Lipinski definition) is 4. The number of alkyl halides is 3. The third kappa shape index (κ3) is 6.33. The number of ether oxygens (including phenoxy) is 2. The lowest BCUT2D eigenvalue weighted by Crippen LogP contribution is -2.24. The van der Waals surface area contributed by atoms with Gasteiger partial charge in [-0.3, -0.25) is 4.79 Å². The van der Waals surface area contributed by atoms with E-state index in [0.29, 0.717) is 5.02 Å². The maximum atomic E-state index is 12.9. The van der Waals surface area contributed by atoms with Crippen molar-refractivity contribution in [2.45, 2.75) is 6.18 Å². The number of carbonyl (C=O) groups excluding carboxylic acids is 2. The van der Waals surface area contributed by atoms with Crippen LogP contribution in [-0.4, -0.2) is 25.1 Å². The standard InChI is InChI=1S/C17H12Cl2F3NO4/c18-10-5-6-14(12(19)7-10)26-9-16(25)27-8-15(24)23-13-4-2-1-3-11(13)17(20,21)22/h1-7H,8-9H2,(H,23,24). The summed E-state index contributed by atoms with van der Waals surface area (Å²) >= 11 is 11.6. The molecule has 0 bridgehead atoms. The van der Waals surface area contributed by atoms with Crippen LogP contribution < -0.4 is 10.1 Å². The molecule has 0 unspecified atom stereocenters. The molecule has 0 saturated heterocycles. The minimum Gasteiger partial charge on any atom is -0.480 e. The first-order valence-electron chi connectivity index (χ1n) is 7.36. The molecular formula is C17H12Cl2F3NO4. The molecule has 10 heteroatoms. The van der Waals surface area contributed by atoms with Crippen LogP contribution >= 0.6 is 23.2 Å². The zero-order valence-corrected chi connectivity index (χ0v) is 15.0. The van der Waals surface area contributed by atoms with Gasteiger partial charge in [-0.1, -0.05) is 35.3 Å². The van der Waals surface area contributed by atoms with Gasteiger partial charge in [0, 0.05) is 5.02 Å². The SMILES string of the molecule is O=C(COC(=O)COc1ccc(Cl)cc1Cl)Nc1ccccc1C(F)(F)F. The minimum atomic E-state index is -4.63. The fourth-order valence-electron chi connectivity index (χ4n) is 1.94. The van der Waals surface area contributed by atoms with Gasteiger partial charge in [-0.25, -0.2) is 4.79 Å². The summed E-state index contributed by atoms with van der Waals surface area (Å²) in [5.41, 5.74) is -1.44. The van der Waals surface area contributed by atoms with E-state index in [9.17, 15) is 22.8 Å². The number of esters is 1. The highest BCUT2D eigenvalue weighted by Crippen LogP contribution is 2.34. The molecule has 1 N–H and O–H groups in total. The highest BCUT2D eigenvalue weighted by atomic mass is 35.5. The zero-order chi connectivity index (χ0) is 20.0. The van der Waals surface area contributed by atoms with Gasteiger partial charge in [0.05, 0.1) is 16.3 Å². The molecule has 2 rings (SSSR count). The highest BCUT2D eigenvalue weighted by molar-refractivity contribution is 6.35. The minimum absolute atomic E-state index is 0.178. The van der Waals surface area contributed by atoms with E-state index < -0.39 is 42.5 Å². The number of rotatable bonds is 6. The summed E-state index contributed by atoms with van der Waals surface area (Å²) in [6.45, 7) is -1.32. The first kappa shape index (κ1) is 20.9. The second-order valence-electron chi connectivity index (χ2n) is 5.12. The molecule has 0 atom stereocenters. The van der Waals surface area contributed by atoms with Gasteiger partial charge in [0.25, 0.3) is 5.91 Å². The Morgan fingerprint density at radius 3 is 2.41 bits per heavy atom. The molecule has 2 aromatic carbocycles. The van der Waals surface area contributed by atoms with Gasteiger partial charge >= 0.3 is 12.1 Å². The van der Waals surface area contributed by atoms with E-state index in [4.69, 9.17) is 27.9 Å². The van der Waals surface area contributed by atoms with Crippen LogP contribution in [0.2, 0.25) is 10.0 Å². The lowest BCUT2D eigenvalue weighted by Gasteiger charge is -2.13. The summed E-state index contributed by atoms with van der Waals surface area (Å²) in [5, 5.41) is 2.61. The Kier molecular flexibility index (Phi) is 6.92. The lowest BCUT2D eigenvalue weighted by atomic mass is 10.1. The number of carbonyl (C=O) groups is 2. The predicted octanol–water partition coefficient (Wildman–Crippen LogP) is 4.57. The molecule has 0 aliphatic heterocycles. The quantitative estimate of drug-likeness (QED) is 0.693. The van der Waals surface area contributed by atoms with Gasteiger partial charge in [-0.2, -0.15) is 13.2 Å². The number of amides is 1. The maximum absolute atomic E-state index is 12.9. The van der Waals surface area contributed by atoms with Gasteiger partial charge in [-0.05, 0) is 30.3 Å². The Labute approximate surface area is 162 Å². The van der Waals surface area contributed by atoms with Crippen molar-refractivity contribution in [1.82, 2.24) is 0 Å². The van der Waals surface area contributed by atoms with E-state index in [1.54, 1.807) is 0 Å². The van der Waals surface area contributed by atoms with Crippen molar-refractivity contribution in [3.05, 3.63) is 58.1 Å². The van der Waals surface area contributed by atoms with Crippen LogP contribution in [0.25, 0.3) is 0 Å². The van der Waals surface area contributed by atoms with E-state index in [1.807, 2.05) is 5.32 Å². The average Bonchev–Trinajstić information content (AvgIpc) is 2.59. The molecule has 27 heavy (non-hydrogen) atoms. The Morgan fingerprint density at radius 2 is 1.74 bits per heavy atom. The number of anilines is 1. The van der Waals surface area contributed by atoms with E-state index in [2.05, 4.69) is 4.74 Å². The largest absolute Gasteiger partial charge is 0.480 e. The van der Waals surface area contributed by atoms with Crippen molar-refractivity contribution in [2.24, 2.45) is 0 Å². The summed E-state index contributed by atoms with van der Waals surface area (Å²) in [5.74, 6) is -1.65. The van der Waals surface area contributed by atoms with Gasteiger partial charge in [0.1, 0.15) is 5.75 Å². The van der Waals surface area contributed by atoms with Crippen LogP contribution in [0.5, 0.6) is 5.75 Å². The van der Waals surface area contributed by atoms with Crippen molar-refractivity contribution in [2.75, 3.05) is 18.5 Å². The normalized spacial score (nSPS) is 11.0. The molecular weight excluding hydrogens is 410 g/mol. The van der Waals surface area contributed by atoms with Crippen LogP contribution in [0.4, 0.5) is 18.9 Å². The van der Waals surface area contributed by atoms with Crippen molar-refractivity contribution >= 4 is 40.8 Å². The van der Waals surface area contributed by atoms with E-state index in [-0.39, 0.29) is 10.8 Å². The van der Waals surface area contributed by atoms with Crippen molar-refractivity contribution < 1.29 is 32.2 Å². The maximum Gasteiger partial charge on any atom is 0.418 e. The molecule has 0 aliphatic rings. The molecule has 0 fully saturated rings. The highest BCUT2D eigenvalue weighted by Gasteiger charge is 2.33.